The van der Waals surface area contributed by atoms with Gasteiger partial charge in [-0.25, -0.2) is 9.97 Å². The maximum atomic E-state index is 5.62. The van der Waals surface area contributed by atoms with Crippen molar-refractivity contribution in [1.82, 2.24) is 14.9 Å². The Labute approximate surface area is 113 Å². The lowest BCUT2D eigenvalue weighted by molar-refractivity contribution is 0.254. The van der Waals surface area contributed by atoms with Crippen LogP contribution in [0.4, 0.5) is 5.95 Å². The molecule has 0 atom stereocenters. The van der Waals surface area contributed by atoms with Crippen molar-refractivity contribution >= 4 is 5.95 Å². The van der Waals surface area contributed by atoms with E-state index in [1.54, 1.807) is 0 Å². The number of fused-ring (bicyclic) bond motifs is 1. The summed E-state index contributed by atoms with van der Waals surface area (Å²) in [5, 5.41) is 0. The molecule has 3 rings (SSSR count). The summed E-state index contributed by atoms with van der Waals surface area (Å²) in [6.45, 7) is 3.06. The molecule has 19 heavy (non-hydrogen) atoms. The summed E-state index contributed by atoms with van der Waals surface area (Å²) in [6.07, 6.45) is 3.93. The second-order valence-electron chi connectivity index (χ2n) is 4.96. The molecule has 2 aromatic rings. The Bertz CT molecular complexity index is 553. The van der Waals surface area contributed by atoms with Crippen molar-refractivity contribution < 1.29 is 0 Å². The average Bonchev–Trinajstić information content (AvgIpc) is 2.46. The van der Waals surface area contributed by atoms with Crippen LogP contribution in [0.1, 0.15) is 16.8 Å². The zero-order valence-corrected chi connectivity index (χ0v) is 10.9. The number of nitrogen functional groups attached to an aromatic ring is 1. The van der Waals surface area contributed by atoms with Crippen molar-refractivity contribution in [1.29, 1.82) is 0 Å². The number of nitrogens with two attached hydrogens (primary N) is 1. The Morgan fingerprint density at radius 3 is 2.89 bits per heavy atom. The van der Waals surface area contributed by atoms with Crippen molar-refractivity contribution in [3.63, 3.8) is 0 Å². The van der Waals surface area contributed by atoms with Crippen LogP contribution in [0.2, 0.25) is 0 Å². The van der Waals surface area contributed by atoms with Gasteiger partial charge in [0.15, 0.2) is 0 Å². The minimum atomic E-state index is 0.386. The van der Waals surface area contributed by atoms with Gasteiger partial charge in [0.05, 0.1) is 5.69 Å². The van der Waals surface area contributed by atoms with Crippen LogP contribution in [0, 0.1) is 0 Å². The van der Waals surface area contributed by atoms with E-state index in [2.05, 4.69) is 45.2 Å². The van der Waals surface area contributed by atoms with Crippen LogP contribution in [0.15, 0.2) is 36.5 Å². The molecule has 0 spiro atoms. The quantitative estimate of drug-likeness (QED) is 0.905. The second kappa shape index (κ2) is 5.36. The minimum Gasteiger partial charge on any atom is -0.368 e. The lowest BCUT2D eigenvalue weighted by Gasteiger charge is -2.27. The molecule has 98 valence electrons. The third-order valence-electron chi connectivity index (χ3n) is 3.59. The molecule has 4 heteroatoms. The summed E-state index contributed by atoms with van der Waals surface area (Å²) >= 11 is 0. The minimum absolute atomic E-state index is 0.386. The summed E-state index contributed by atoms with van der Waals surface area (Å²) in [7, 11) is 0. The number of anilines is 1. The lowest BCUT2D eigenvalue weighted by Crippen LogP contribution is -2.33. The van der Waals surface area contributed by atoms with E-state index in [-0.39, 0.29) is 0 Å². The summed E-state index contributed by atoms with van der Waals surface area (Å²) in [5.74, 6) is 0.386. The van der Waals surface area contributed by atoms with Gasteiger partial charge in [0.1, 0.15) is 0 Å². The number of aromatic nitrogens is 2. The fourth-order valence-corrected chi connectivity index (χ4v) is 2.51. The fraction of sp³-hybridized carbons (Fsp3) is 0.333. The second-order valence-corrected chi connectivity index (χ2v) is 4.96. The van der Waals surface area contributed by atoms with Crippen LogP contribution in [0.3, 0.4) is 0 Å². The molecule has 0 saturated carbocycles. The van der Waals surface area contributed by atoms with E-state index < -0.39 is 0 Å². The molecule has 1 aliphatic rings. The average molecular weight is 254 g/mol. The Morgan fingerprint density at radius 2 is 2.05 bits per heavy atom. The van der Waals surface area contributed by atoms with Crippen molar-refractivity contribution in [3.8, 4) is 0 Å². The SMILES string of the molecule is Nc1ncc2c(n1)CCN(CCc1ccccc1)C2. The Kier molecular flexibility index (Phi) is 3.42. The van der Waals surface area contributed by atoms with E-state index >= 15 is 0 Å². The number of nitrogens with zero attached hydrogens (tertiary/aromatic N) is 3. The first-order valence-corrected chi connectivity index (χ1v) is 6.68. The standard InChI is InChI=1S/C15H18N4/c16-15-17-10-13-11-19(9-7-14(13)18-15)8-6-12-4-2-1-3-5-12/h1-5,10H,6-9,11H2,(H2,16,17,18). The summed E-state index contributed by atoms with van der Waals surface area (Å²) in [6, 6.07) is 10.6. The molecule has 1 aromatic heterocycles. The Morgan fingerprint density at radius 1 is 1.21 bits per heavy atom. The van der Waals surface area contributed by atoms with Crippen LogP contribution >= 0.6 is 0 Å². The highest BCUT2D eigenvalue weighted by Gasteiger charge is 2.17. The molecule has 2 heterocycles. The topological polar surface area (TPSA) is 55.0 Å². The third kappa shape index (κ3) is 2.90. The van der Waals surface area contributed by atoms with E-state index in [4.69, 9.17) is 5.73 Å². The van der Waals surface area contributed by atoms with Gasteiger partial charge in [0.2, 0.25) is 5.95 Å². The molecular formula is C15H18N4. The first kappa shape index (κ1) is 12.1. The maximum Gasteiger partial charge on any atom is 0.220 e. The van der Waals surface area contributed by atoms with E-state index in [0.29, 0.717) is 5.95 Å². The molecular weight excluding hydrogens is 236 g/mol. The molecule has 1 aliphatic heterocycles. The summed E-state index contributed by atoms with van der Waals surface area (Å²) in [4.78, 5) is 10.8. The maximum absolute atomic E-state index is 5.62. The van der Waals surface area contributed by atoms with Crippen molar-refractivity contribution in [2.45, 2.75) is 19.4 Å². The van der Waals surface area contributed by atoms with Crippen LogP contribution in [0.25, 0.3) is 0 Å². The van der Waals surface area contributed by atoms with Gasteiger partial charge in [0.25, 0.3) is 0 Å². The number of rotatable bonds is 3. The molecule has 2 N–H and O–H groups in total. The molecule has 0 radical (unpaired) electrons. The van der Waals surface area contributed by atoms with Crippen molar-refractivity contribution in [3.05, 3.63) is 53.3 Å². The van der Waals surface area contributed by atoms with Gasteiger partial charge in [-0.1, -0.05) is 30.3 Å². The van der Waals surface area contributed by atoms with E-state index in [1.807, 2.05) is 6.20 Å². The number of hydrogen-bond donors (Lipinski definition) is 1. The third-order valence-corrected chi connectivity index (χ3v) is 3.59. The highest BCUT2D eigenvalue weighted by atomic mass is 15.1. The Balaban J connectivity index is 1.61. The highest BCUT2D eigenvalue weighted by molar-refractivity contribution is 5.27. The van der Waals surface area contributed by atoms with Crippen LogP contribution < -0.4 is 5.73 Å². The predicted octanol–water partition coefficient (Wildman–Crippen LogP) is 1.66. The van der Waals surface area contributed by atoms with Crippen LogP contribution in [-0.2, 0) is 19.4 Å². The molecule has 4 nitrogen and oxygen atoms in total. The predicted molar refractivity (Wildman–Crippen MR) is 75.6 cm³/mol. The first-order chi connectivity index (χ1) is 9.31. The normalized spacial score (nSPS) is 15.2. The lowest BCUT2D eigenvalue weighted by atomic mass is 10.1. The number of hydrogen-bond acceptors (Lipinski definition) is 4. The highest BCUT2D eigenvalue weighted by Crippen LogP contribution is 2.17. The molecule has 0 aliphatic carbocycles. The largest absolute Gasteiger partial charge is 0.368 e. The van der Waals surface area contributed by atoms with Gasteiger partial charge >= 0.3 is 0 Å². The smallest absolute Gasteiger partial charge is 0.220 e. The number of benzene rings is 1. The van der Waals surface area contributed by atoms with Gasteiger partial charge < -0.3 is 5.73 Å². The zero-order chi connectivity index (χ0) is 13.1. The first-order valence-electron chi connectivity index (χ1n) is 6.68. The van der Waals surface area contributed by atoms with E-state index in [1.165, 1.54) is 11.1 Å². The fourth-order valence-electron chi connectivity index (χ4n) is 2.51. The summed E-state index contributed by atoms with van der Waals surface area (Å²) < 4.78 is 0. The van der Waals surface area contributed by atoms with Crippen molar-refractivity contribution in [2.75, 3.05) is 18.8 Å². The molecule has 0 unspecified atom stereocenters. The molecule has 0 fully saturated rings. The van der Waals surface area contributed by atoms with E-state index in [9.17, 15) is 0 Å². The monoisotopic (exact) mass is 254 g/mol. The van der Waals surface area contributed by atoms with Gasteiger partial charge in [-0.05, 0) is 12.0 Å². The molecule has 1 aromatic carbocycles. The summed E-state index contributed by atoms with van der Waals surface area (Å²) in [5.41, 5.74) is 9.34. The zero-order valence-electron chi connectivity index (χ0n) is 10.9. The molecule has 0 bridgehead atoms. The van der Waals surface area contributed by atoms with E-state index in [0.717, 1.165) is 38.2 Å². The van der Waals surface area contributed by atoms with Gasteiger partial charge in [-0.2, -0.15) is 0 Å². The van der Waals surface area contributed by atoms with Crippen LogP contribution in [0.5, 0.6) is 0 Å². The van der Waals surface area contributed by atoms with Crippen LogP contribution in [-0.4, -0.2) is 28.0 Å². The molecule has 0 saturated heterocycles. The molecule has 0 amide bonds. The van der Waals surface area contributed by atoms with Gasteiger partial charge in [0, 0.05) is 37.8 Å². The van der Waals surface area contributed by atoms with Gasteiger partial charge in [-0.15, -0.1) is 0 Å². The Hall–Kier alpha value is -1.94. The van der Waals surface area contributed by atoms with Crippen molar-refractivity contribution in [2.24, 2.45) is 0 Å². The van der Waals surface area contributed by atoms with Gasteiger partial charge in [-0.3, -0.25) is 4.90 Å².